The van der Waals surface area contributed by atoms with Gasteiger partial charge in [-0.3, -0.25) is 0 Å². The second-order valence-electron chi connectivity index (χ2n) is 4.50. The van der Waals surface area contributed by atoms with Crippen LogP contribution in [0.1, 0.15) is 5.69 Å². The Hall–Kier alpha value is -2.23. The van der Waals surface area contributed by atoms with Crippen molar-refractivity contribution >= 4 is 15.7 Å². The zero-order valence-corrected chi connectivity index (χ0v) is 12.3. The van der Waals surface area contributed by atoms with Crippen LogP contribution in [0.3, 0.4) is 0 Å². The van der Waals surface area contributed by atoms with E-state index in [0.717, 1.165) is 36.4 Å². The van der Waals surface area contributed by atoms with Gasteiger partial charge in [0.05, 0.1) is 10.6 Å². The van der Waals surface area contributed by atoms with Crippen molar-refractivity contribution < 1.29 is 26.0 Å². The van der Waals surface area contributed by atoms with Crippen LogP contribution in [0.4, 0.5) is 23.4 Å². The number of anilines is 1. The molecule has 1 aromatic heterocycles. The third kappa shape index (κ3) is 4.62. The van der Waals surface area contributed by atoms with Crippen LogP contribution < -0.4 is 5.32 Å². The topological polar surface area (TPSA) is 72.0 Å². The Kier molecular flexibility index (Phi) is 4.83. The summed E-state index contributed by atoms with van der Waals surface area (Å²) in [5.74, 6) is -0.865. The first-order valence-electron chi connectivity index (χ1n) is 6.31. The second kappa shape index (κ2) is 6.49. The predicted octanol–water partition coefficient (Wildman–Crippen LogP) is 2.52. The number of nitrogens with zero attached hydrogens (tertiary/aromatic N) is 2. The number of sulfone groups is 1. The van der Waals surface area contributed by atoms with Crippen molar-refractivity contribution in [3.8, 4) is 0 Å². The molecule has 0 amide bonds. The van der Waals surface area contributed by atoms with E-state index in [2.05, 4.69) is 15.5 Å². The van der Waals surface area contributed by atoms with E-state index in [4.69, 9.17) is 0 Å². The first kappa shape index (κ1) is 17.1. The quantitative estimate of drug-likeness (QED) is 0.663. The molecular formula is C13H11F4N3O2S. The summed E-state index contributed by atoms with van der Waals surface area (Å²) in [6.45, 7) is -0.0836. The van der Waals surface area contributed by atoms with Crippen LogP contribution in [0.5, 0.6) is 0 Å². The van der Waals surface area contributed by atoms with Crippen molar-refractivity contribution in [3.63, 3.8) is 0 Å². The molecule has 0 unspecified atom stereocenters. The number of hydrogen-bond acceptors (Lipinski definition) is 5. The van der Waals surface area contributed by atoms with Gasteiger partial charge in [-0.1, -0.05) is 0 Å². The molecule has 2 aromatic rings. The summed E-state index contributed by atoms with van der Waals surface area (Å²) in [4.78, 5) is -0.0424. The molecule has 0 fully saturated rings. The fraction of sp³-hybridized carbons (Fsp3) is 0.231. The number of aromatic nitrogens is 2. The molecule has 0 spiro atoms. The largest absolute Gasteiger partial charge is 0.435 e. The summed E-state index contributed by atoms with van der Waals surface area (Å²) >= 11 is 0. The lowest BCUT2D eigenvalue weighted by molar-refractivity contribution is -0.141. The standard InChI is InChI=1S/C13H11F4N3O2S/c14-9-1-3-10(4-2-9)23(21,22)8-7-18-12-6-5-11(19-20-12)13(15,16)17/h1-6H,7-8H2,(H,18,20). The SMILES string of the molecule is O=S(=O)(CCNc1ccc(C(F)(F)F)nn1)c1ccc(F)cc1. The van der Waals surface area contributed by atoms with E-state index in [1.807, 2.05) is 0 Å². The number of alkyl halides is 3. The van der Waals surface area contributed by atoms with E-state index in [-0.39, 0.29) is 23.0 Å². The van der Waals surface area contributed by atoms with E-state index >= 15 is 0 Å². The summed E-state index contributed by atoms with van der Waals surface area (Å²) in [6, 6.07) is 6.14. The molecule has 2 rings (SSSR count). The van der Waals surface area contributed by atoms with Crippen molar-refractivity contribution in [2.24, 2.45) is 0 Å². The van der Waals surface area contributed by atoms with Gasteiger partial charge in [-0.25, -0.2) is 12.8 Å². The van der Waals surface area contributed by atoms with Crippen molar-refractivity contribution in [1.82, 2.24) is 10.2 Å². The lowest BCUT2D eigenvalue weighted by Gasteiger charge is -2.08. The summed E-state index contributed by atoms with van der Waals surface area (Å²) in [7, 11) is -3.64. The number of hydrogen-bond donors (Lipinski definition) is 1. The highest BCUT2D eigenvalue weighted by molar-refractivity contribution is 7.91. The summed E-state index contributed by atoms with van der Waals surface area (Å²) in [5.41, 5.74) is -1.14. The highest BCUT2D eigenvalue weighted by Gasteiger charge is 2.32. The Morgan fingerprint density at radius 2 is 1.65 bits per heavy atom. The maximum Gasteiger partial charge on any atom is 0.435 e. The van der Waals surface area contributed by atoms with Crippen molar-refractivity contribution in [1.29, 1.82) is 0 Å². The summed E-state index contributed by atoms with van der Waals surface area (Å²) < 4.78 is 73.7. The molecule has 1 heterocycles. The van der Waals surface area contributed by atoms with Crippen LogP contribution >= 0.6 is 0 Å². The Bertz CT molecular complexity index is 759. The minimum atomic E-state index is -4.59. The predicted molar refractivity (Wildman–Crippen MR) is 74.0 cm³/mol. The van der Waals surface area contributed by atoms with Gasteiger partial charge in [-0.15, -0.1) is 10.2 Å². The van der Waals surface area contributed by atoms with Gasteiger partial charge in [0.2, 0.25) is 0 Å². The lowest BCUT2D eigenvalue weighted by atomic mass is 10.4. The normalized spacial score (nSPS) is 12.2. The molecule has 124 valence electrons. The molecule has 0 saturated carbocycles. The average Bonchev–Trinajstić information content (AvgIpc) is 2.47. The molecule has 0 atom stereocenters. The number of nitrogens with one attached hydrogen (secondary N) is 1. The van der Waals surface area contributed by atoms with Crippen LogP contribution in [0.15, 0.2) is 41.3 Å². The molecule has 0 bridgehead atoms. The fourth-order valence-electron chi connectivity index (χ4n) is 1.65. The fourth-order valence-corrected chi connectivity index (χ4v) is 2.81. The number of benzene rings is 1. The molecule has 0 aliphatic rings. The minimum absolute atomic E-state index is 0.0207. The van der Waals surface area contributed by atoms with Gasteiger partial charge in [0.15, 0.2) is 15.5 Å². The molecule has 23 heavy (non-hydrogen) atoms. The molecule has 5 nitrogen and oxygen atoms in total. The van der Waals surface area contributed by atoms with Crippen LogP contribution in [-0.4, -0.2) is 30.9 Å². The van der Waals surface area contributed by atoms with Crippen LogP contribution in [-0.2, 0) is 16.0 Å². The first-order valence-corrected chi connectivity index (χ1v) is 7.97. The van der Waals surface area contributed by atoms with Crippen molar-refractivity contribution in [2.45, 2.75) is 11.1 Å². The Morgan fingerprint density at radius 3 is 2.17 bits per heavy atom. The van der Waals surface area contributed by atoms with Gasteiger partial charge in [-0.05, 0) is 36.4 Å². The highest BCUT2D eigenvalue weighted by Crippen LogP contribution is 2.27. The molecule has 1 N–H and O–H groups in total. The Labute approximate surface area is 129 Å². The molecule has 0 aliphatic heterocycles. The average molecular weight is 349 g/mol. The molecule has 10 heteroatoms. The highest BCUT2D eigenvalue weighted by atomic mass is 32.2. The zero-order chi connectivity index (χ0) is 17.1. The van der Waals surface area contributed by atoms with Crippen molar-refractivity contribution in [2.75, 3.05) is 17.6 Å². The number of rotatable bonds is 5. The van der Waals surface area contributed by atoms with E-state index < -0.39 is 27.5 Å². The Balaban J connectivity index is 1.95. The van der Waals surface area contributed by atoms with Gasteiger partial charge < -0.3 is 5.32 Å². The Morgan fingerprint density at radius 1 is 1.00 bits per heavy atom. The first-order chi connectivity index (χ1) is 10.7. The maximum absolute atomic E-state index is 12.8. The lowest BCUT2D eigenvalue weighted by Crippen LogP contribution is -2.17. The van der Waals surface area contributed by atoms with Crippen LogP contribution in [0.2, 0.25) is 0 Å². The number of halogens is 4. The molecular weight excluding hydrogens is 338 g/mol. The zero-order valence-electron chi connectivity index (χ0n) is 11.5. The molecule has 0 aliphatic carbocycles. The van der Waals surface area contributed by atoms with E-state index in [9.17, 15) is 26.0 Å². The smallest absolute Gasteiger partial charge is 0.368 e. The summed E-state index contributed by atoms with van der Waals surface area (Å²) in [5, 5.41) is 8.89. The van der Waals surface area contributed by atoms with Gasteiger partial charge in [0.25, 0.3) is 0 Å². The summed E-state index contributed by atoms with van der Waals surface area (Å²) in [6.07, 6.45) is -4.59. The van der Waals surface area contributed by atoms with E-state index in [1.54, 1.807) is 0 Å². The van der Waals surface area contributed by atoms with Crippen LogP contribution in [0.25, 0.3) is 0 Å². The van der Waals surface area contributed by atoms with Gasteiger partial charge >= 0.3 is 6.18 Å². The maximum atomic E-state index is 12.8. The third-order valence-electron chi connectivity index (χ3n) is 2.80. The van der Waals surface area contributed by atoms with Gasteiger partial charge in [0.1, 0.15) is 11.6 Å². The molecule has 0 radical (unpaired) electrons. The van der Waals surface area contributed by atoms with Gasteiger partial charge in [0, 0.05) is 6.54 Å². The minimum Gasteiger partial charge on any atom is -0.368 e. The van der Waals surface area contributed by atoms with E-state index in [0.29, 0.717) is 0 Å². The monoisotopic (exact) mass is 349 g/mol. The second-order valence-corrected chi connectivity index (χ2v) is 6.61. The van der Waals surface area contributed by atoms with Crippen LogP contribution in [0, 0.1) is 5.82 Å². The third-order valence-corrected chi connectivity index (χ3v) is 4.54. The van der Waals surface area contributed by atoms with Gasteiger partial charge in [-0.2, -0.15) is 13.2 Å². The van der Waals surface area contributed by atoms with Crippen molar-refractivity contribution in [3.05, 3.63) is 47.9 Å². The van der Waals surface area contributed by atoms with E-state index in [1.165, 1.54) is 0 Å². The molecule has 0 saturated heterocycles. The molecule has 1 aromatic carbocycles.